The minimum Gasteiger partial charge on any atom is -0.496 e. The molecule has 1 saturated carbocycles. The van der Waals surface area contributed by atoms with Gasteiger partial charge in [-0.2, -0.15) is 0 Å². The zero-order valence-electron chi connectivity index (χ0n) is 9.46. The van der Waals surface area contributed by atoms with Crippen LogP contribution in [0.1, 0.15) is 12.8 Å². The monoisotopic (exact) mass is 238 g/mol. The maximum Gasteiger partial charge on any atom is 0.314 e. The Morgan fingerprint density at radius 2 is 2.18 bits per heavy atom. The van der Waals surface area contributed by atoms with E-state index in [0.29, 0.717) is 5.75 Å². The highest BCUT2D eigenvalue weighted by Crippen LogP contribution is 2.34. The fourth-order valence-corrected chi connectivity index (χ4v) is 1.75. The molecule has 0 radical (unpaired) electrons. The molecular formula is C11H14N2O4. The molecule has 6 heteroatoms. The van der Waals surface area contributed by atoms with Gasteiger partial charge < -0.3 is 15.2 Å². The first-order valence-electron chi connectivity index (χ1n) is 5.35. The highest BCUT2D eigenvalue weighted by Gasteiger charge is 2.30. The van der Waals surface area contributed by atoms with Crippen LogP contribution in [0.5, 0.6) is 11.5 Å². The van der Waals surface area contributed by atoms with E-state index in [1.54, 1.807) is 12.1 Å². The van der Waals surface area contributed by atoms with Gasteiger partial charge in [0.15, 0.2) is 5.75 Å². The second-order valence-electron chi connectivity index (χ2n) is 4.06. The third-order valence-electron chi connectivity index (χ3n) is 2.79. The number of nitrogens with two attached hydrogens (primary N) is 1. The summed E-state index contributed by atoms with van der Waals surface area (Å²) in [6.07, 6.45) is 1.46. The molecule has 0 bridgehead atoms. The molecule has 0 saturated heterocycles. The Balaban J connectivity index is 2.17. The van der Waals surface area contributed by atoms with Crippen LogP contribution >= 0.6 is 0 Å². The molecule has 0 amide bonds. The third kappa shape index (κ3) is 2.47. The van der Waals surface area contributed by atoms with E-state index >= 15 is 0 Å². The lowest BCUT2D eigenvalue weighted by atomic mass is 9.90. The lowest BCUT2D eigenvalue weighted by molar-refractivity contribution is -0.386. The Morgan fingerprint density at radius 1 is 1.47 bits per heavy atom. The van der Waals surface area contributed by atoms with Gasteiger partial charge in [-0.25, -0.2) is 0 Å². The zero-order valence-corrected chi connectivity index (χ0v) is 9.46. The summed E-state index contributed by atoms with van der Waals surface area (Å²) in [5, 5.41) is 10.9. The molecule has 0 spiro atoms. The summed E-state index contributed by atoms with van der Waals surface area (Å²) in [5.74, 6) is 0.710. The number of nitro benzene ring substituents is 1. The van der Waals surface area contributed by atoms with Gasteiger partial charge in [-0.3, -0.25) is 10.1 Å². The summed E-state index contributed by atoms with van der Waals surface area (Å²) in [7, 11) is 1.46. The largest absolute Gasteiger partial charge is 0.496 e. The van der Waals surface area contributed by atoms with Crippen LogP contribution in [-0.4, -0.2) is 24.2 Å². The standard InChI is InChI=1S/C11H14N2O4/c1-16-8-2-3-11(10(6-8)13(14)15)17-9-4-7(12)5-9/h2-3,6-7,9H,4-5,12H2,1H3. The van der Waals surface area contributed by atoms with Crippen LogP contribution in [0.3, 0.4) is 0 Å². The summed E-state index contributed by atoms with van der Waals surface area (Å²) in [4.78, 5) is 10.4. The van der Waals surface area contributed by atoms with Gasteiger partial charge in [0.05, 0.1) is 18.1 Å². The van der Waals surface area contributed by atoms with Crippen molar-refractivity contribution < 1.29 is 14.4 Å². The molecule has 0 unspecified atom stereocenters. The third-order valence-corrected chi connectivity index (χ3v) is 2.79. The number of hydrogen-bond acceptors (Lipinski definition) is 5. The average molecular weight is 238 g/mol. The second kappa shape index (κ2) is 4.58. The fraction of sp³-hybridized carbons (Fsp3) is 0.455. The van der Waals surface area contributed by atoms with Crippen molar-refractivity contribution in [1.82, 2.24) is 0 Å². The molecule has 2 rings (SSSR count). The van der Waals surface area contributed by atoms with Crippen molar-refractivity contribution in [2.24, 2.45) is 5.73 Å². The molecule has 1 aliphatic rings. The lowest BCUT2D eigenvalue weighted by Crippen LogP contribution is -2.43. The van der Waals surface area contributed by atoms with E-state index in [0.717, 1.165) is 12.8 Å². The first kappa shape index (κ1) is 11.7. The average Bonchev–Trinajstić information content (AvgIpc) is 2.27. The predicted octanol–water partition coefficient (Wildman–Crippen LogP) is 1.47. The Morgan fingerprint density at radius 3 is 2.71 bits per heavy atom. The van der Waals surface area contributed by atoms with Gasteiger partial charge in [-0.15, -0.1) is 0 Å². The van der Waals surface area contributed by atoms with Crippen LogP contribution in [0.4, 0.5) is 5.69 Å². The number of nitrogens with zero attached hydrogens (tertiary/aromatic N) is 1. The number of methoxy groups -OCH3 is 1. The van der Waals surface area contributed by atoms with Crippen molar-refractivity contribution in [3.8, 4) is 11.5 Å². The van der Waals surface area contributed by atoms with Crippen LogP contribution in [0.15, 0.2) is 18.2 Å². The summed E-state index contributed by atoms with van der Waals surface area (Å²) >= 11 is 0. The molecule has 92 valence electrons. The Hall–Kier alpha value is -1.82. The first-order valence-corrected chi connectivity index (χ1v) is 5.35. The van der Waals surface area contributed by atoms with Gasteiger partial charge in [0.2, 0.25) is 0 Å². The molecule has 0 atom stereocenters. The number of rotatable bonds is 4. The summed E-state index contributed by atoms with van der Waals surface area (Å²) in [6, 6.07) is 4.70. The van der Waals surface area contributed by atoms with E-state index in [9.17, 15) is 10.1 Å². The van der Waals surface area contributed by atoms with Crippen LogP contribution in [0, 0.1) is 10.1 Å². The van der Waals surface area contributed by atoms with Crippen LogP contribution < -0.4 is 15.2 Å². The highest BCUT2D eigenvalue weighted by atomic mass is 16.6. The fourth-order valence-electron chi connectivity index (χ4n) is 1.75. The number of benzene rings is 1. The molecule has 17 heavy (non-hydrogen) atoms. The van der Waals surface area contributed by atoms with Crippen molar-refractivity contribution in [3.63, 3.8) is 0 Å². The van der Waals surface area contributed by atoms with E-state index in [-0.39, 0.29) is 23.6 Å². The molecule has 6 nitrogen and oxygen atoms in total. The molecule has 0 aromatic heterocycles. The second-order valence-corrected chi connectivity index (χ2v) is 4.06. The van der Waals surface area contributed by atoms with Crippen LogP contribution in [0.25, 0.3) is 0 Å². The van der Waals surface area contributed by atoms with Gasteiger partial charge in [-0.1, -0.05) is 0 Å². The molecule has 1 aliphatic carbocycles. The SMILES string of the molecule is COc1ccc(OC2CC(N)C2)c([N+](=O)[O-])c1. The Kier molecular flexibility index (Phi) is 3.14. The van der Waals surface area contributed by atoms with Gasteiger partial charge >= 0.3 is 5.69 Å². The first-order chi connectivity index (χ1) is 8.10. The minimum absolute atomic E-state index is 0.0166. The number of hydrogen-bond donors (Lipinski definition) is 1. The summed E-state index contributed by atoms with van der Waals surface area (Å²) in [5.41, 5.74) is 5.55. The van der Waals surface area contributed by atoms with E-state index in [2.05, 4.69) is 0 Å². The molecule has 2 N–H and O–H groups in total. The number of nitro groups is 1. The van der Waals surface area contributed by atoms with E-state index < -0.39 is 4.92 Å². The van der Waals surface area contributed by atoms with Crippen molar-refractivity contribution in [2.75, 3.05) is 7.11 Å². The maximum absolute atomic E-state index is 10.9. The van der Waals surface area contributed by atoms with E-state index in [1.807, 2.05) is 0 Å². The molecular weight excluding hydrogens is 224 g/mol. The maximum atomic E-state index is 10.9. The minimum atomic E-state index is -0.476. The lowest BCUT2D eigenvalue weighted by Gasteiger charge is -2.32. The van der Waals surface area contributed by atoms with Crippen molar-refractivity contribution >= 4 is 5.69 Å². The quantitative estimate of drug-likeness (QED) is 0.634. The predicted molar refractivity (Wildman–Crippen MR) is 61.3 cm³/mol. The summed E-state index contributed by atoms with van der Waals surface area (Å²) in [6.45, 7) is 0. The smallest absolute Gasteiger partial charge is 0.314 e. The van der Waals surface area contributed by atoms with Gasteiger partial charge in [0.25, 0.3) is 0 Å². The Labute approximate surface area is 98.5 Å². The van der Waals surface area contributed by atoms with Crippen molar-refractivity contribution in [2.45, 2.75) is 25.0 Å². The van der Waals surface area contributed by atoms with Gasteiger partial charge in [0, 0.05) is 6.04 Å². The van der Waals surface area contributed by atoms with Crippen LogP contribution in [-0.2, 0) is 0 Å². The topological polar surface area (TPSA) is 87.6 Å². The summed E-state index contributed by atoms with van der Waals surface area (Å²) < 4.78 is 10.5. The van der Waals surface area contributed by atoms with Crippen LogP contribution in [0.2, 0.25) is 0 Å². The van der Waals surface area contributed by atoms with Gasteiger partial charge in [-0.05, 0) is 25.0 Å². The molecule has 1 aromatic rings. The van der Waals surface area contributed by atoms with E-state index in [1.165, 1.54) is 13.2 Å². The molecule has 1 aromatic carbocycles. The highest BCUT2D eigenvalue weighted by molar-refractivity contribution is 5.51. The molecule has 0 aliphatic heterocycles. The van der Waals surface area contributed by atoms with Crippen molar-refractivity contribution in [3.05, 3.63) is 28.3 Å². The molecule has 0 heterocycles. The number of ether oxygens (including phenoxy) is 2. The zero-order chi connectivity index (χ0) is 12.4. The normalized spacial score (nSPS) is 22.7. The van der Waals surface area contributed by atoms with E-state index in [4.69, 9.17) is 15.2 Å². The van der Waals surface area contributed by atoms with Gasteiger partial charge in [0.1, 0.15) is 11.9 Å². The Bertz CT molecular complexity index is 429. The van der Waals surface area contributed by atoms with Crippen molar-refractivity contribution in [1.29, 1.82) is 0 Å². The molecule has 1 fully saturated rings.